The van der Waals surface area contributed by atoms with E-state index < -0.39 is 10.0 Å². The fraction of sp³-hybridized carbons (Fsp3) is 0.286. The quantitative estimate of drug-likeness (QED) is 0.760. The Kier molecular flexibility index (Phi) is 5.55. The molecule has 0 bridgehead atoms. The van der Waals surface area contributed by atoms with Crippen molar-refractivity contribution in [2.45, 2.75) is 24.2 Å². The van der Waals surface area contributed by atoms with Crippen molar-refractivity contribution in [1.29, 1.82) is 0 Å². The summed E-state index contributed by atoms with van der Waals surface area (Å²) >= 11 is 0. The van der Waals surface area contributed by atoms with Gasteiger partial charge in [-0.05, 0) is 60.9 Å². The lowest BCUT2D eigenvalue weighted by molar-refractivity contribution is -0.111. The molecule has 0 spiro atoms. The number of carbonyl (C=O) groups excluding carboxylic acids is 1. The van der Waals surface area contributed by atoms with Crippen LogP contribution in [0.5, 0.6) is 11.5 Å². The number of amides is 1. The van der Waals surface area contributed by atoms with Gasteiger partial charge in [-0.25, -0.2) is 8.42 Å². The molecule has 152 valence electrons. The van der Waals surface area contributed by atoms with Gasteiger partial charge in [-0.15, -0.1) is 0 Å². The van der Waals surface area contributed by atoms with Gasteiger partial charge in [0.2, 0.25) is 22.7 Å². The van der Waals surface area contributed by atoms with Crippen molar-refractivity contribution in [2.24, 2.45) is 0 Å². The summed E-state index contributed by atoms with van der Waals surface area (Å²) in [7, 11) is -3.47. The number of benzene rings is 2. The van der Waals surface area contributed by atoms with E-state index in [0.717, 1.165) is 24.8 Å². The highest BCUT2D eigenvalue weighted by Crippen LogP contribution is 2.32. The molecule has 0 atom stereocenters. The maximum Gasteiger partial charge on any atom is 0.248 e. The van der Waals surface area contributed by atoms with Gasteiger partial charge in [-0.1, -0.05) is 12.5 Å². The third kappa shape index (κ3) is 4.44. The van der Waals surface area contributed by atoms with E-state index in [2.05, 4.69) is 5.32 Å². The van der Waals surface area contributed by atoms with Crippen molar-refractivity contribution < 1.29 is 22.7 Å². The first-order valence-corrected chi connectivity index (χ1v) is 11.0. The summed E-state index contributed by atoms with van der Waals surface area (Å²) in [6, 6.07) is 11.7. The van der Waals surface area contributed by atoms with Gasteiger partial charge in [0.05, 0.1) is 4.90 Å². The maximum absolute atomic E-state index is 12.7. The number of ether oxygens (including phenoxy) is 2. The molecule has 8 heteroatoms. The minimum absolute atomic E-state index is 0.201. The van der Waals surface area contributed by atoms with Crippen molar-refractivity contribution in [3.63, 3.8) is 0 Å². The number of carbonyl (C=O) groups is 1. The summed E-state index contributed by atoms with van der Waals surface area (Å²) in [5, 5.41) is 2.73. The van der Waals surface area contributed by atoms with Gasteiger partial charge in [0.15, 0.2) is 11.5 Å². The first-order valence-electron chi connectivity index (χ1n) is 9.51. The fourth-order valence-corrected chi connectivity index (χ4v) is 4.85. The number of fused-ring (bicyclic) bond motifs is 1. The minimum atomic E-state index is -3.47. The molecular weight excluding hydrogens is 392 g/mol. The van der Waals surface area contributed by atoms with Gasteiger partial charge in [0, 0.05) is 24.9 Å². The zero-order chi connectivity index (χ0) is 20.3. The average Bonchev–Trinajstić information content (AvgIpc) is 3.21. The number of piperidine rings is 1. The van der Waals surface area contributed by atoms with Gasteiger partial charge in [-0.3, -0.25) is 4.79 Å². The molecule has 0 aromatic heterocycles. The van der Waals surface area contributed by atoms with E-state index in [9.17, 15) is 13.2 Å². The van der Waals surface area contributed by atoms with E-state index in [0.29, 0.717) is 30.3 Å². The molecular formula is C21H22N2O5S. The van der Waals surface area contributed by atoms with Crippen LogP contribution in [0.25, 0.3) is 6.08 Å². The highest BCUT2D eigenvalue weighted by molar-refractivity contribution is 7.89. The smallest absolute Gasteiger partial charge is 0.248 e. The standard InChI is InChI=1S/C21H22N2O5S/c24-21(11-5-16-4-10-19-20(14-16)28-15-27-19)22-17-6-8-18(9-7-17)29(25,26)23-12-2-1-3-13-23/h4-11,14H,1-3,12-13,15H2,(H,22,24). The predicted octanol–water partition coefficient (Wildman–Crippen LogP) is 3.24. The van der Waals surface area contributed by atoms with Crippen molar-refractivity contribution in [2.75, 3.05) is 25.2 Å². The van der Waals surface area contributed by atoms with Crippen LogP contribution in [-0.4, -0.2) is 38.5 Å². The van der Waals surface area contributed by atoms with Gasteiger partial charge in [0.25, 0.3) is 0 Å². The monoisotopic (exact) mass is 414 g/mol. The Labute approximate surface area is 170 Å². The number of anilines is 1. The van der Waals surface area contributed by atoms with Crippen LogP contribution >= 0.6 is 0 Å². The fourth-order valence-electron chi connectivity index (χ4n) is 3.34. The summed E-state index contributed by atoms with van der Waals surface area (Å²) in [6.45, 7) is 1.32. The molecule has 0 aliphatic carbocycles. The second-order valence-corrected chi connectivity index (χ2v) is 8.86. The zero-order valence-corrected chi connectivity index (χ0v) is 16.7. The van der Waals surface area contributed by atoms with Crippen LogP contribution in [0, 0.1) is 0 Å². The lowest BCUT2D eigenvalue weighted by Gasteiger charge is -2.25. The summed E-state index contributed by atoms with van der Waals surface area (Å²) < 4.78 is 37.4. The maximum atomic E-state index is 12.7. The molecule has 2 aromatic rings. The summed E-state index contributed by atoms with van der Waals surface area (Å²) in [4.78, 5) is 12.4. The van der Waals surface area contributed by atoms with Gasteiger partial charge in [-0.2, -0.15) is 4.31 Å². The summed E-state index contributed by atoms with van der Waals surface area (Å²) in [5.74, 6) is 1.03. The Hall–Kier alpha value is -2.84. The zero-order valence-electron chi connectivity index (χ0n) is 15.8. The molecule has 7 nitrogen and oxygen atoms in total. The molecule has 1 N–H and O–H groups in total. The highest BCUT2D eigenvalue weighted by Gasteiger charge is 2.25. The summed E-state index contributed by atoms with van der Waals surface area (Å²) in [5.41, 5.74) is 1.34. The lowest BCUT2D eigenvalue weighted by Crippen LogP contribution is -2.35. The molecule has 29 heavy (non-hydrogen) atoms. The first-order chi connectivity index (χ1) is 14.0. The highest BCUT2D eigenvalue weighted by atomic mass is 32.2. The molecule has 2 aliphatic heterocycles. The van der Waals surface area contributed by atoms with Crippen molar-refractivity contribution in [1.82, 2.24) is 4.31 Å². The Morgan fingerprint density at radius 3 is 2.45 bits per heavy atom. The molecule has 1 fully saturated rings. The second-order valence-electron chi connectivity index (χ2n) is 6.92. The normalized spacial score (nSPS) is 16.8. The number of hydrogen-bond acceptors (Lipinski definition) is 5. The first kappa shape index (κ1) is 19.5. The molecule has 0 radical (unpaired) electrons. The van der Waals surface area contributed by atoms with Crippen molar-refractivity contribution in [3.8, 4) is 11.5 Å². The third-order valence-corrected chi connectivity index (χ3v) is 6.81. The van der Waals surface area contributed by atoms with Crippen LogP contribution in [0.3, 0.4) is 0 Å². The SMILES string of the molecule is O=C(C=Cc1ccc2c(c1)OCO2)Nc1ccc(S(=O)(=O)N2CCCCC2)cc1. The van der Waals surface area contributed by atoms with Gasteiger partial charge < -0.3 is 14.8 Å². The molecule has 4 rings (SSSR count). The molecule has 0 unspecified atom stereocenters. The van der Waals surface area contributed by atoms with E-state index in [-0.39, 0.29) is 17.6 Å². The van der Waals surface area contributed by atoms with Crippen LogP contribution in [-0.2, 0) is 14.8 Å². The lowest BCUT2D eigenvalue weighted by atomic mass is 10.2. The second kappa shape index (κ2) is 8.26. The number of rotatable bonds is 5. The van der Waals surface area contributed by atoms with E-state index in [4.69, 9.17) is 9.47 Å². The summed E-state index contributed by atoms with van der Waals surface area (Å²) in [6.07, 6.45) is 5.94. The van der Waals surface area contributed by atoms with Crippen LogP contribution in [0.2, 0.25) is 0 Å². The molecule has 1 saturated heterocycles. The molecule has 2 aromatic carbocycles. The van der Waals surface area contributed by atoms with Crippen molar-refractivity contribution in [3.05, 3.63) is 54.1 Å². The minimum Gasteiger partial charge on any atom is -0.454 e. The number of nitrogens with one attached hydrogen (secondary N) is 1. The van der Waals surface area contributed by atoms with Gasteiger partial charge in [0.1, 0.15) is 0 Å². The number of hydrogen-bond donors (Lipinski definition) is 1. The topological polar surface area (TPSA) is 84.9 Å². The van der Waals surface area contributed by atoms with Gasteiger partial charge >= 0.3 is 0 Å². The van der Waals surface area contributed by atoms with Crippen LogP contribution in [0.15, 0.2) is 53.4 Å². The Bertz CT molecular complexity index is 1030. The molecule has 1 amide bonds. The average molecular weight is 414 g/mol. The number of sulfonamides is 1. The molecule has 2 heterocycles. The third-order valence-electron chi connectivity index (χ3n) is 4.90. The van der Waals surface area contributed by atoms with E-state index in [1.165, 1.54) is 22.5 Å². The Morgan fingerprint density at radius 1 is 0.966 bits per heavy atom. The molecule has 0 saturated carbocycles. The van der Waals surface area contributed by atoms with Crippen LogP contribution in [0.4, 0.5) is 5.69 Å². The Balaban J connectivity index is 1.38. The Morgan fingerprint density at radius 2 is 1.69 bits per heavy atom. The predicted molar refractivity (Wildman–Crippen MR) is 109 cm³/mol. The van der Waals surface area contributed by atoms with Crippen LogP contribution in [0.1, 0.15) is 24.8 Å². The van der Waals surface area contributed by atoms with Crippen LogP contribution < -0.4 is 14.8 Å². The van der Waals surface area contributed by atoms with E-state index in [1.807, 2.05) is 6.07 Å². The van der Waals surface area contributed by atoms with E-state index in [1.54, 1.807) is 30.3 Å². The largest absolute Gasteiger partial charge is 0.454 e. The van der Waals surface area contributed by atoms with Crippen molar-refractivity contribution >= 4 is 27.7 Å². The van der Waals surface area contributed by atoms with E-state index >= 15 is 0 Å². The number of nitrogens with zero attached hydrogens (tertiary/aromatic N) is 1. The molecule has 2 aliphatic rings.